The molecule has 0 aromatic heterocycles. The monoisotopic (exact) mass is 264 g/mol. The number of nitrogens with one attached hydrogen (secondary N) is 1. The third-order valence-corrected chi connectivity index (χ3v) is 4.81. The van der Waals surface area contributed by atoms with E-state index in [1.165, 1.54) is 36.9 Å². The number of hydrogen-bond acceptors (Lipinski definition) is 2. The molecule has 18 heavy (non-hydrogen) atoms. The Hall–Kier alpha value is -0.730. The van der Waals surface area contributed by atoms with Crippen molar-refractivity contribution in [2.45, 2.75) is 50.7 Å². The van der Waals surface area contributed by atoms with E-state index >= 15 is 0 Å². The molecule has 2 atom stereocenters. The molecule has 2 heterocycles. The van der Waals surface area contributed by atoms with Crippen LogP contribution < -0.4 is 10.2 Å². The Kier molecular flexibility index (Phi) is 3.25. The molecule has 0 amide bonds. The van der Waals surface area contributed by atoms with E-state index in [0.717, 1.165) is 5.02 Å². The minimum absolute atomic E-state index is 0.700. The fourth-order valence-corrected chi connectivity index (χ4v) is 3.94. The first-order chi connectivity index (χ1) is 8.69. The highest BCUT2D eigenvalue weighted by Crippen LogP contribution is 2.40. The maximum absolute atomic E-state index is 6.06. The van der Waals surface area contributed by atoms with E-state index in [1.54, 1.807) is 0 Å². The van der Waals surface area contributed by atoms with Crippen LogP contribution in [-0.2, 0) is 0 Å². The number of halogens is 1. The number of benzene rings is 1. The van der Waals surface area contributed by atoms with Gasteiger partial charge in [-0.3, -0.25) is 0 Å². The Morgan fingerprint density at radius 3 is 2.44 bits per heavy atom. The predicted octanol–water partition coefficient (Wildman–Crippen LogP) is 3.37. The van der Waals surface area contributed by atoms with Gasteiger partial charge in [-0.15, -0.1) is 0 Å². The molecule has 3 rings (SSSR count). The van der Waals surface area contributed by atoms with Gasteiger partial charge in [0.15, 0.2) is 0 Å². The Labute approximate surface area is 114 Å². The largest absolute Gasteiger partial charge is 0.365 e. The molecule has 2 aliphatic rings. The van der Waals surface area contributed by atoms with Crippen molar-refractivity contribution in [1.29, 1.82) is 0 Å². The number of fused-ring (bicyclic) bond motifs is 2. The minimum Gasteiger partial charge on any atom is -0.365 e. The van der Waals surface area contributed by atoms with Gasteiger partial charge < -0.3 is 10.2 Å². The van der Waals surface area contributed by atoms with E-state index < -0.39 is 0 Å². The minimum atomic E-state index is 0.700. The second-order valence-electron chi connectivity index (χ2n) is 5.68. The molecule has 2 saturated heterocycles. The van der Waals surface area contributed by atoms with Crippen molar-refractivity contribution >= 4 is 17.3 Å². The normalized spacial score (nSPS) is 30.8. The quantitative estimate of drug-likeness (QED) is 0.881. The molecule has 2 nitrogen and oxygen atoms in total. The molecule has 1 aromatic rings. The van der Waals surface area contributed by atoms with Crippen molar-refractivity contribution < 1.29 is 0 Å². The first-order valence-electron chi connectivity index (χ1n) is 6.91. The number of piperidine rings is 1. The van der Waals surface area contributed by atoms with E-state index in [2.05, 4.69) is 36.3 Å². The fourth-order valence-electron chi connectivity index (χ4n) is 3.71. The summed E-state index contributed by atoms with van der Waals surface area (Å²) in [6.07, 6.45) is 5.22. The van der Waals surface area contributed by atoms with E-state index in [0.29, 0.717) is 18.1 Å². The predicted molar refractivity (Wildman–Crippen MR) is 77.6 cm³/mol. The van der Waals surface area contributed by atoms with Crippen molar-refractivity contribution in [1.82, 2.24) is 5.32 Å². The van der Waals surface area contributed by atoms with Crippen LogP contribution >= 0.6 is 11.6 Å². The van der Waals surface area contributed by atoms with Gasteiger partial charge in [-0.25, -0.2) is 0 Å². The third-order valence-electron chi connectivity index (χ3n) is 4.58. The van der Waals surface area contributed by atoms with Crippen LogP contribution in [0.25, 0.3) is 0 Å². The molecular formula is C15H21ClN2. The van der Waals surface area contributed by atoms with E-state index in [4.69, 9.17) is 11.6 Å². The third kappa shape index (κ3) is 2.02. The van der Waals surface area contributed by atoms with Crippen molar-refractivity contribution in [2.75, 3.05) is 11.9 Å². The van der Waals surface area contributed by atoms with Crippen molar-refractivity contribution in [3.05, 3.63) is 28.8 Å². The highest BCUT2D eigenvalue weighted by atomic mass is 35.5. The summed E-state index contributed by atoms with van der Waals surface area (Å²) in [6.45, 7) is 2.17. The molecule has 98 valence electrons. The molecule has 2 fully saturated rings. The van der Waals surface area contributed by atoms with Gasteiger partial charge in [0, 0.05) is 28.8 Å². The summed E-state index contributed by atoms with van der Waals surface area (Å²) in [6, 6.07) is 8.42. The summed E-state index contributed by atoms with van der Waals surface area (Å²) in [7, 11) is 2.09. The van der Waals surface area contributed by atoms with Crippen LogP contribution in [0, 0.1) is 6.92 Å². The average Bonchev–Trinajstić information content (AvgIpc) is 2.60. The Morgan fingerprint density at radius 1 is 1.22 bits per heavy atom. The smallest absolute Gasteiger partial charge is 0.0410 e. The summed E-state index contributed by atoms with van der Waals surface area (Å²) in [5.74, 6) is 0. The van der Waals surface area contributed by atoms with E-state index in [-0.39, 0.29) is 0 Å². The standard InChI is InChI=1S/C15H21ClN2/c1-10-7-11(16)3-6-15(10)18-13-4-5-14(18)9-12(8-13)17-2/h3,6-7,12-14,17H,4-5,8-9H2,1-2H3. The van der Waals surface area contributed by atoms with Crippen LogP contribution in [0.15, 0.2) is 18.2 Å². The van der Waals surface area contributed by atoms with Crippen LogP contribution in [0.4, 0.5) is 5.69 Å². The Balaban J connectivity index is 1.89. The summed E-state index contributed by atoms with van der Waals surface area (Å²) in [4.78, 5) is 2.65. The first kappa shape index (κ1) is 12.3. The zero-order valence-corrected chi connectivity index (χ0v) is 11.9. The molecule has 0 aliphatic carbocycles. The molecular weight excluding hydrogens is 244 g/mol. The number of anilines is 1. The van der Waals surface area contributed by atoms with Crippen LogP contribution in [0.1, 0.15) is 31.2 Å². The van der Waals surface area contributed by atoms with Crippen molar-refractivity contribution in [3.8, 4) is 0 Å². The number of hydrogen-bond donors (Lipinski definition) is 1. The Morgan fingerprint density at radius 2 is 1.89 bits per heavy atom. The molecule has 0 spiro atoms. The van der Waals surface area contributed by atoms with Crippen LogP contribution in [0.3, 0.4) is 0 Å². The maximum Gasteiger partial charge on any atom is 0.0410 e. The van der Waals surface area contributed by atoms with Crippen LogP contribution in [0.2, 0.25) is 5.02 Å². The molecule has 3 heteroatoms. The summed E-state index contributed by atoms with van der Waals surface area (Å²) in [5.41, 5.74) is 2.70. The number of nitrogens with zero attached hydrogens (tertiary/aromatic N) is 1. The molecule has 0 radical (unpaired) electrons. The number of rotatable bonds is 2. The van der Waals surface area contributed by atoms with Gasteiger partial charge in [-0.05, 0) is 63.4 Å². The molecule has 0 saturated carbocycles. The van der Waals surface area contributed by atoms with Gasteiger partial charge in [0.1, 0.15) is 0 Å². The molecule has 1 aromatic carbocycles. The van der Waals surface area contributed by atoms with Crippen LogP contribution in [-0.4, -0.2) is 25.2 Å². The lowest BCUT2D eigenvalue weighted by atomic mass is 9.96. The van der Waals surface area contributed by atoms with E-state index in [9.17, 15) is 0 Å². The molecule has 2 aliphatic heterocycles. The lowest BCUT2D eigenvalue weighted by molar-refractivity contribution is 0.373. The van der Waals surface area contributed by atoms with Crippen molar-refractivity contribution in [3.63, 3.8) is 0 Å². The van der Waals surface area contributed by atoms with Gasteiger partial charge >= 0.3 is 0 Å². The highest BCUT2D eigenvalue weighted by Gasteiger charge is 2.40. The number of aryl methyl sites for hydroxylation is 1. The Bertz CT molecular complexity index is 432. The fraction of sp³-hybridized carbons (Fsp3) is 0.600. The lowest BCUT2D eigenvalue weighted by Gasteiger charge is -2.41. The zero-order valence-electron chi connectivity index (χ0n) is 11.1. The van der Waals surface area contributed by atoms with Gasteiger partial charge in [-0.2, -0.15) is 0 Å². The zero-order chi connectivity index (χ0) is 12.7. The topological polar surface area (TPSA) is 15.3 Å². The average molecular weight is 265 g/mol. The van der Waals surface area contributed by atoms with Gasteiger partial charge in [-0.1, -0.05) is 11.6 Å². The summed E-state index contributed by atoms with van der Waals surface area (Å²) in [5, 5.41) is 4.29. The maximum atomic E-state index is 6.06. The van der Waals surface area contributed by atoms with Gasteiger partial charge in [0.2, 0.25) is 0 Å². The lowest BCUT2D eigenvalue weighted by Crippen LogP contribution is -2.48. The second-order valence-corrected chi connectivity index (χ2v) is 6.12. The molecule has 1 N–H and O–H groups in total. The van der Waals surface area contributed by atoms with Crippen LogP contribution in [0.5, 0.6) is 0 Å². The van der Waals surface area contributed by atoms with Gasteiger partial charge in [0.25, 0.3) is 0 Å². The second kappa shape index (κ2) is 4.75. The van der Waals surface area contributed by atoms with E-state index in [1.807, 2.05) is 6.07 Å². The first-order valence-corrected chi connectivity index (χ1v) is 7.28. The van der Waals surface area contributed by atoms with Gasteiger partial charge in [0.05, 0.1) is 0 Å². The summed E-state index contributed by atoms with van der Waals surface area (Å²) < 4.78 is 0. The molecule has 2 bridgehead atoms. The summed E-state index contributed by atoms with van der Waals surface area (Å²) >= 11 is 6.06. The molecule has 2 unspecified atom stereocenters. The highest BCUT2D eigenvalue weighted by molar-refractivity contribution is 6.30. The van der Waals surface area contributed by atoms with Crippen molar-refractivity contribution in [2.24, 2.45) is 0 Å². The SMILES string of the molecule is CNC1CC2CCC(C1)N2c1ccc(Cl)cc1C.